The first-order chi connectivity index (χ1) is 8.74. The predicted octanol–water partition coefficient (Wildman–Crippen LogP) is 3.49. The number of rotatable bonds is 4. The standard InChI is InChI=1S/C16H24O3/c1-11(2)19-15(17)10-12-7-8-14(18-6)13(9-12)16(3,4)5/h7-9,11H,10H2,1-6H3. The van der Waals surface area contributed by atoms with E-state index in [-0.39, 0.29) is 17.5 Å². The molecule has 0 aliphatic rings. The van der Waals surface area contributed by atoms with Gasteiger partial charge in [-0.05, 0) is 36.5 Å². The normalized spacial score (nSPS) is 11.5. The Morgan fingerprint density at radius 2 is 1.89 bits per heavy atom. The molecule has 0 saturated carbocycles. The zero-order valence-corrected chi connectivity index (χ0v) is 12.7. The molecule has 0 radical (unpaired) electrons. The van der Waals surface area contributed by atoms with Crippen LogP contribution in [0.5, 0.6) is 5.75 Å². The van der Waals surface area contributed by atoms with Gasteiger partial charge >= 0.3 is 5.97 Å². The summed E-state index contributed by atoms with van der Waals surface area (Å²) in [6.07, 6.45) is 0.221. The highest BCUT2D eigenvalue weighted by molar-refractivity contribution is 5.73. The smallest absolute Gasteiger partial charge is 0.310 e. The molecule has 0 aromatic heterocycles. The Morgan fingerprint density at radius 3 is 2.37 bits per heavy atom. The van der Waals surface area contributed by atoms with E-state index in [1.54, 1.807) is 7.11 Å². The summed E-state index contributed by atoms with van der Waals surface area (Å²) in [6.45, 7) is 10.1. The van der Waals surface area contributed by atoms with Crippen molar-refractivity contribution < 1.29 is 14.3 Å². The van der Waals surface area contributed by atoms with E-state index >= 15 is 0 Å². The molecule has 1 aromatic carbocycles. The average molecular weight is 264 g/mol. The van der Waals surface area contributed by atoms with E-state index in [1.165, 1.54) is 0 Å². The van der Waals surface area contributed by atoms with Crippen molar-refractivity contribution in [3.63, 3.8) is 0 Å². The van der Waals surface area contributed by atoms with Gasteiger partial charge in [0.25, 0.3) is 0 Å². The predicted molar refractivity (Wildman–Crippen MR) is 76.6 cm³/mol. The fourth-order valence-electron chi connectivity index (χ4n) is 1.92. The van der Waals surface area contributed by atoms with Crippen LogP contribution in [-0.2, 0) is 21.4 Å². The van der Waals surface area contributed by atoms with Gasteiger partial charge in [0.05, 0.1) is 19.6 Å². The van der Waals surface area contributed by atoms with Crippen LogP contribution in [0.25, 0.3) is 0 Å². The first-order valence-electron chi connectivity index (χ1n) is 6.61. The molecule has 0 amide bonds. The molecular weight excluding hydrogens is 240 g/mol. The lowest BCUT2D eigenvalue weighted by Crippen LogP contribution is -2.16. The third-order valence-corrected chi connectivity index (χ3v) is 2.79. The SMILES string of the molecule is COc1ccc(CC(=O)OC(C)C)cc1C(C)(C)C. The number of hydrogen-bond acceptors (Lipinski definition) is 3. The van der Waals surface area contributed by atoms with E-state index in [9.17, 15) is 4.79 Å². The summed E-state index contributed by atoms with van der Waals surface area (Å²) in [7, 11) is 1.66. The fraction of sp³-hybridized carbons (Fsp3) is 0.562. The number of esters is 1. The summed E-state index contributed by atoms with van der Waals surface area (Å²) < 4.78 is 10.5. The Kier molecular flexibility index (Phi) is 4.98. The van der Waals surface area contributed by atoms with Crippen molar-refractivity contribution in [2.24, 2.45) is 0 Å². The van der Waals surface area contributed by atoms with Crippen LogP contribution in [0, 0.1) is 0 Å². The Labute approximate surface area is 115 Å². The quantitative estimate of drug-likeness (QED) is 0.781. The third kappa shape index (κ3) is 4.58. The minimum absolute atomic E-state index is 0.0245. The van der Waals surface area contributed by atoms with Crippen LogP contribution >= 0.6 is 0 Å². The maximum Gasteiger partial charge on any atom is 0.310 e. The van der Waals surface area contributed by atoms with E-state index in [0.717, 1.165) is 16.9 Å². The third-order valence-electron chi connectivity index (χ3n) is 2.79. The zero-order valence-electron chi connectivity index (χ0n) is 12.7. The van der Waals surface area contributed by atoms with Gasteiger partial charge in [-0.25, -0.2) is 0 Å². The number of methoxy groups -OCH3 is 1. The Balaban J connectivity index is 2.96. The summed E-state index contributed by atoms with van der Waals surface area (Å²) in [5.74, 6) is 0.661. The number of carbonyl (C=O) groups is 1. The number of benzene rings is 1. The summed E-state index contributed by atoms with van der Waals surface area (Å²) in [6, 6.07) is 5.86. The van der Waals surface area contributed by atoms with Gasteiger partial charge in [0, 0.05) is 0 Å². The van der Waals surface area contributed by atoms with Crippen LogP contribution < -0.4 is 4.74 Å². The summed E-state index contributed by atoms with van der Waals surface area (Å²) in [4.78, 5) is 11.7. The van der Waals surface area contributed by atoms with Crippen LogP contribution in [0.1, 0.15) is 45.7 Å². The lowest BCUT2D eigenvalue weighted by Gasteiger charge is -2.23. The number of hydrogen-bond donors (Lipinski definition) is 0. The van der Waals surface area contributed by atoms with Gasteiger partial charge in [-0.2, -0.15) is 0 Å². The second-order valence-corrected chi connectivity index (χ2v) is 6.00. The van der Waals surface area contributed by atoms with E-state index < -0.39 is 0 Å². The largest absolute Gasteiger partial charge is 0.496 e. The summed E-state index contributed by atoms with van der Waals surface area (Å²) >= 11 is 0. The van der Waals surface area contributed by atoms with Gasteiger partial charge in [-0.1, -0.05) is 32.9 Å². The first kappa shape index (κ1) is 15.5. The minimum Gasteiger partial charge on any atom is -0.496 e. The van der Waals surface area contributed by atoms with E-state index in [4.69, 9.17) is 9.47 Å². The molecule has 3 nitrogen and oxygen atoms in total. The minimum atomic E-state index is -0.194. The molecule has 1 aromatic rings. The van der Waals surface area contributed by atoms with E-state index in [1.807, 2.05) is 32.0 Å². The topological polar surface area (TPSA) is 35.5 Å². The summed E-state index contributed by atoms with van der Waals surface area (Å²) in [5.41, 5.74) is 2.03. The van der Waals surface area contributed by atoms with Crippen molar-refractivity contribution in [3.8, 4) is 5.75 Å². The highest BCUT2D eigenvalue weighted by atomic mass is 16.5. The molecule has 0 aliphatic heterocycles. The van der Waals surface area contributed by atoms with Gasteiger partial charge in [-0.3, -0.25) is 4.79 Å². The van der Waals surface area contributed by atoms with E-state index in [2.05, 4.69) is 20.8 Å². The highest BCUT2D eigenvalue weighted by Crippen LogP contribution is 2.32. The fourth-order valence-corrected chi connectivity index (χ4v) is 1.92. The molecule has 0 spiro atoms. The molecule has 0 unspecified atom stereocenters. The Morgan fingerprint density at radius 1 is 1.26 bits per heavy atom. The molecular formula is C16H24O3. The number of carbonyl (C=O) groups excluding carboxylic acids is 1. The van der Waals surface area contributed by atoms with Gasteiger partial charge in [-0.15, -0.1) is 0 Å². The Hall–Kier alpha value is -1.51. The molecule has 19 heavy (non-hydrogen) atoms. The highest BCUT2D eigenvalue weighted by Gasteiger charge is 2.20. The monoisotopic (exact) mass is 264 g/mol. The number of ether oxygens (including phenoxy) is 2. The molecule has 0 bridgehead atoms. The maximum atomic E-state index is 11.7. The molecule has 1 rings (SSSR count). The van der Waals surface area contributed by atoms with Crippen LogP contribution in [0.2, 0.25) is 0 Å². The van der Waals surface area contributed by atoms with Crippen molar-refractivity contribution in [2.45, 2.75) is 52.6 Å². The van der Waals surface area contributed by atoms with Crippen LogP contribution in [-0.4, -0.2) is 19.2 Å². The van der Waals surface area contributed by atoms with Gasteiger partial charge < -0.3 is 9.47 Å². The average Bonchev–Trinajstić information content (AvgIpc) is 2.26. The second-order valence-electron chi connectivity index (χ2n) is 6.00. The molecule has 0 saturated heterocycles. The Bertz CT molecular complexity index is 442. The van der Waals surface area contributed by atoms with Gasteiger partial charge in [0.15, 0.2) is 0 Å². The van der Waals surface area contributed by atoms with Crippen molar-refractivity contribution in [3.05, 3.63) is 29.3 Å². The molecule has 0 N–H and O–H groups in total. The molecule has 3 heteroatoms. The first-order valence-corrected chi connectivity index (χ1v) is 6.61. The zero-order chi connectivity index (χ0) is 14.6. The van der Waals surface area contributed by atoms with Crippen LogP contribution in [0.4, 0.5) is 0 Å². The van der Waals surface area contributed by atoms with Crippen molar-refractivity contribution in [1.82, 2.24) is 0 Å². The maximum absolute atomic E-state index is 11.7. The molecule has 0 atom stereocenters. The van der Waals surface area contributed by atoms with Gasteiger partial charge in [0.1, 0.15) is 5.75 Å². The van der Waals surface area contributed by atoms with E-state index in [0.29, 0.717) is 6.42 Å². The van der Waals surface area contributed by atoms with Gasteiger partial charge in [0.2, 0.25) is 0 Å². The molecule has 0 fully saturated rings. The molecule has 0 heterocycles. The van der Waals surface area contributed by atoms with Crippen molar-refractivity contribution in [1.29, 1.82) is 0 Å². The van der Waals surface area contributed by atoms with Crippen molar-refractivity contribution in [2.75, 3.05) is 7.11 Å². The lowest BCUT2D eigenvalue weighted by molar-refractivity contribution is -0.146. The van der Waals surface area contributed by atoms with Crippen LogP contribution in [0.15, 0.2) is 18.2 Å². The van der Waals surface area contributed by atoms with Crippen molar-refractivity contribution >= 4 is 5.97 Å². The molecule has 0 aliphatic carbocycles. The molecule has 106 valence electrons. The lowest BCUT2D eigenvalue weighted by atomic mass is 9.85. The second kappa shape index (κ2) is 6.09. The van der Waals surface area contributed by atoms with Crippen LogP contribution in [0.3, 0.4) is 0 Å². The summed E-state index contributed by atoms with van der Waals surface area (Å²) in [5, 5.41) is 0.